The number of aliphatic hydroxyl groups is 1. The summed E-state index contributed by atoms with van der Waals surface area (Å²) in [6, 6.07) is 0. The molecule has 0 saturated carbocycles. The molecule has 0 aliphatic rings. The molecule has 0 aromatic heterocycles. The van der Waals surface area contributed by atoms with Crippen LogP contribution >= 0.6 is 7.82 Å². The van der Waals surface area contributed by atoms with Crippen LogP contribution in [0, 0.1) is 0 Å². The molecule has 0 fully saturated rings. The highest BCUT2D eigenvalue weighted by Gasteiger charge is 2.23. The molecule has 59 heavy (non-hydrogen) atoms. The molecule has 0 rings (SSSR count). The molecule has 0 aliphatic heterocycles. The fraction of sp³-hybridized carbons (Fsp3) is 0.714. The average molecular weight is 848 g/mol. The van der Waals surface area contributed by atoms with Gasteiger partial charge >= 0.3 is 13.8 Å². The largest absolute Gasteiger partial charge is 0.472 e. The second-order valence-corrected chi connectivity index (χ2v) is 16.8. The van der Waals surface area contributed by atoms with Crippen molar-refractivity contribution in [2.24, 2.45) is 0 Å². The first-order valence-corrected chi connectivity index (χ1v) is 24.9. The van der Waals surface area contributed by atoms with Crippen LogP contribution < -0.4 is 5.32 Å². The number of hydrogen-bond donors (Lipinski definition) is 3. The van der Waals surface area contributed by atoms with Crippen molar-refractivity contribution in [3.8, 4) is 0 Å². The highest BCUT2D eigenvalue weighted by molar-refractivity contribution is 7.47. The van der Waals surface area contributed by atoms with Gasteiger partial charge in [-0.25, -0.2) is 4.57 Å². The summed E-state index contributed by atoms with van der Waals surface area (Å²) < 4.78 is 26.9. The van der Waals surface area contributed by atoms with E-state index in [-0.39, 0.29) is 32.1 Å². The van der Waals surface area contributed by atoms with Crippen molar-refractivity contribution >= 4 is 19.7 Å². The number of unbranched alkanes of at least 4 members (excludes halogenated alkanes) is 18. The van der Waals surface area contributed by atoms with Gasteiger partial charge in [0, 0.05) is 19.4 Å². The molecular weight excluding hydrogens is 762 g/mol. The van der Waals surface area contributed by atoms with E-state index in [1.54, 1.807) is 0 Å². The Bertz CT molecular complexity index is 1190. The molecule has 0 aromatic rings. The highest BCUT2D eigenvalue weighted by atomic mass is 31.2. The van der Waals surface area contributed by atoms with E-state index in [1.807, 2.05) is 0 Å². The molecule has 2 unspecified atom stereocenters. The van der Waals surface area contributed by atoms with Crippen molar-refractivity contribution < 1.29 is 37.9 Å². The van der Waals surface area contributed by atoms with Gasteiger partial charge in [-0.3, -0.25) is 18.6 Å². The van der Waals surface area contributed by atoms with E-state index in [0.717, 1.165) is 77.0 Å². The van der Waals surface area contributed by atoms with Crippen LogP contribution in [-0.2, 0) is 27.9 Å². The maximum Gasteiger partial charge on any atom is 0.472 e. The maximum absolute atomic E-state index is 12.1. The number of amides is 1. The number of ether oxygens (including phenoxy) is 1. The molecule has 0 bridgehead atoms. The van der Waals surface area contributed by atoms with Crippen LogP contribution in [0.4, 0.5) is 0 Å². The maximum atomic E-state index is 12.1. The number of esters is 1. The van der Waals surface area contributed by atoms with Gasteiger partial charge in [-0.05, 0) is 64.2 Å². The topological polar surface area (TPSA) is 131 Å². The summed E-state index contributed by atoms with van der Waals surface area (Å²) in [5, 5.41) is 12.7. The minimum absolute atomic E-state index is 0.0550. The van der Waals surface area contributed by atoms with E-state index >= 15 is 0 Å². The fourth-order valence-corrected chi connectivity index (χ4v) is 6.91. The van der Waals surface area contributed by atoms with Crippen LogP contribution in [0.25, 0.3) is 0 Å². The monoisotopic (exact) mass is 848 g/mol. The van der Waals surface area contributed by atoms with Crippen LogP contribution in [0.5, 0.6) is 0 Å². The van der Waals surface area contributed by atoms with Crippen molar-refractivity contribution in [2.75, 3.05) is 26.4 Å². The number of hydrogen-bond acceptors (Lipinski definition) is 7. The van der Waals surface area contributed by atoms with E-state index < -0.39 is 26.5 Å². The molecule has 340 valence electrons. The predicted molar refractivity (Wildman–Crippen MR) is 247 cm³/mol. The Kier molecular flexibility index (Phi) is 43.0. The molecule has 3 N–H and O–H groups in total. The molecule has 10 heteroatoms. The third kappa shape index (κ3) is 46.4. The summed E-state index contributed by atoms with van der Waals surface area (Å²) in [5.41, 5.74) is 0. The lowest BCUT2D eigenvalue weighted by Gasteiger charge is -2.15. The van der Waals surface area contributed by atoms with Crippen molar-refractivity contribution in [3.05, 3.63) is 72.9 Å². The lowest BCUT2D eigenvalue weighted by molar-refractivity contribution is -0.147. The zero-order chi connectivity index (χ0) is 43.2. The van der Waals surface area contributed by atoms with Gasteiger partial charge in [-0.2, -0.15) is 0 Å². The molecule has 0 aromatic carbocycles. The number of aliphatic hydroxyl groups excluding tert-OH is 1. The van der Waals surface area contributed by atoms with E-state index in [2.05, 4.69) is 92.1 Å². The second-order valence-electron chi connectivity index (χ2n) is 15.4. The summed E-state index contributed by atoms with van der Waals surface area (Å²) in [4.78, 5) is 34.0. The Balaban J connectivity index is 3.66. The number of phosphoric acid groups is 1. The molecule has 9 nitrogen and oxygen atoms in total. The Hall–Kier alpha value is -2.55. The number of allylic oxidation sites excluding steroid dienone is 12. The summed E-state index contributed by atoms with van der Waals surface area (Å²) in [6.45, 7) is 3.39. The minimum atomic E-state index is -4.43. The third-order valence-corrected chi connectivity index (χ3v) is 10.6. The fourth-order valence-electron chi connectivity index (χ4n) is 6.15. The molecule has 0 heterocycles. The minimum Gasteiger partial charge on any atom is -0.463 e. The van der Waals surface area contributed by atoms with E-state index in [1.165, 1.54) is 89.9 Å². The van der Waals surface area contributed by atoms with Crippen molar-refractivity contribution in [1.29, 1.82) is 0 Å². The lowest BCUT2D eigenvalue weighted by Crippen LogP contribution is -2.27. The Morgan fingerprint density at radius 3 is 1.44 bits per heavy atom. The smallest absolute Gasteiger partial charge is 0.463 e. The Morgan fingerprint density at radius 2 is 0.966 bits per heavy atom. The number of nitrogens with one attached hydrogen (secondary N) is 1. The van der Waals surface area contributed by atoms with Crippen molar-refractivity contribution in [3.63, 3.8) is 0 Å². The van der Waals surface area contributed by atoms with Crippen LogP contribution in [0.1, 0.15) is 194 Å². The zero-order valence-corrected chi connectivity index (χ0v) is 38.3. The van der Waals surface area contributed by atoms with E-state index in [0.29, 0.717) is 6.42 Å². The molecule has 2 atom stereocenters. The van der Waals surface area contributed by atoms with Gasteiger partial charge < -0.3 is 20.1 Å². The standard InChI is InChI=1S/C49H86NO8P/c1-3-5-7-9-11-13-15-17-19-21-22-23-24-26-27-29-31-33-35-37-39-41-48(52)50-43-44-57-59(54,55)58-46-47(51)45-56-49(53)42-40-38-36-34-32-30-28-25-20-18-16-14-12-10-8-6-4-2/h5,7,11,13,17,19,22-23,26-27,31,33,47,51H,3-4,6,8-10,12,14-16,18,20-21,24-25,28-30,32,34-46H2,1-2H3,(H,50,52)(H,54,55)/b7-5-,13-11-,19-17-,23-22-,27-26-,33-31-. The van der Waals surface area contributed by atoms with Gasteiger partial charge in [0.25, 0.3) is 0 Å². The molecule has 0 spiro atoms. The first-order chi connectivity index (χ1) is 28.8. The van der Waals surface area contributed by atoms with Gasteiger partial charge in [-0.1, -0.05) is 189 Å². The number of rotatable bonds is 43. The van der Waals surface area contributed by atoms with Crippen LogP contribution in [0.2, 0.25) is 0 Å². The van der Waals surface area contributed by atoms with Gasteiger partial charge in [0.05, 0.1) is 13.2 Å². The number of carbonyl (C=O) groups excluding carboxylic acids is 2. The summed E-state index contributed by atoms with van der Waals surface area (Å²) >= 11 is 0. The van der Waals surface area contributed by atoms with Gasteiger partial charge in [0.15, 0.2) is 0 Å². The SMILES string of the molecule is CC/C=C\C/C=C\C/C=C\C/C=C\C/C=C\C/C=C\CCCCC(=O)NCCOP(=O)(O)OCC(O)COC(=O)CCCCCCCCCCCCCCCCCCC. The summed E-state index contributed by atoms with van der Waals surface area (Å²) in [6.07, 6.45) is 55.5. The first-order valence-electron chi connectivity index (χ1n) is 23.4. The molecule has 0 aliphatic carbocycles. The summed E-state index contributed by atoms with van der Waals surface area (Å²) in [7, 11) is -4.43. The predicted octanol–water partition coefficient (Wildman–Crippen LogP) is 13.4. The van der Waals surface area contributed by atoms with Crippen LogP contribution in [0.3, 0.4) is 0 Å². The van der Waals surface area contributed by atoms with Crippen LogP contribution in [0.15, 0.2) is 72.9 Å². The molecule has 1 amide bonds. The van der Waals surface area contributed by atoms with Gasteiger partial charge in [-0.15, -0.1) is 0 Å². The normalized spacial score (nSPS) is 13.9. The van der Waals surface area contributed by atoms with E-state index in [4.69, 9.17) is 13.8 Å². The lowest BCUT2D eigenvalue weighted by atomic mass is 10.0. The highest BCUT2D eigenvalue weighted by Crippen LogP contribution is 2.42. The first kappa shape index (κ1) is 56.5. The second kappa shape index (κ2) is 45.0. The average Bonchev–Trinajstić information content (AvgIpc) is 3.22. The number of carbonyl (C=O) groups is 2. The Labute approximate surface area is 360 Å². The van der Waals surface area contributed by atoms with Crippen LogP contribution in [-0.4, -0.2) is 54.3 Å². The molecule has 0 radical (unpaired) electrons. The van der Waals surface area contributed by atoms with E-state index in [9.17, 15) is 24.2 Å². The Morgan fingerprint density at radius 1 is 0.542 bits per heavy atom. The van der Waals surface area contributed by atoms with Gasteiger partial charge in [0.1, 0.15) is 12.7 Å². The molecular formula is C49H86NO8P. The van der Waals surface area contributed by atoms with Crippen molar-refractivity contribution in [2.45, 2.75) is 200 Å². The molecule has 0 saturated heterocycles. The number of phosphoric ester groups is 1. The zero-order valence-electron chi connectivity index (χ0n) is 37.4. The third-order valence-electron chi connectivity index (χ3n) is 9.65. The summed E-state index contributed by atoms with van der Waals surface area (Å²) in [5.74, 6) is -0.560. The quantitative estimate of drug-likeness (QED) is 0.0239. The van der Waals surface area contributed by atoms with Crippen molar-refractivity contribution in [1.82, 2.24) is 5.32 Å². The van der Waals surface area contributed by atoms with Gasteiger partial charge in [0.2, 0.25) is 5.91 Å².